The molecule has 1 aromatic heterocycles. The number of unbranched alkanes of at least 4 members (excludes halogenated alkanes) is 1. The number of hydrogen-bond donors (Lipinski definition) is 4. The second kappa shape index (κ2) is 20.5. The monoisotopic (exact) mass is 894 g/mol. The van der Waals surface area contributed by atoms with Crippen molar-refractivity contribution in [3.8, 4) is 11.3 Å². The molecule has 3 aliphatic heterocycles. The number of aliphatic hydroxyl groups excluding tert-OH is 1. The molecule has 16 heteroatoms. The lowest BCUT2D eigenvalue weighted by atomic mass is 9.78. The SMILES string of the molecule is CCC1OC(=O)C(C)(F)CC(C)C(OC2OC(C)C(C)C(N)C2O)C(C)(OC)CC(C)CNC(Cc2ccccc2)C2N(CCCCn3cc(-c4cccc(N)c4)nn3)C(=O)OC12C. The number of aryl methyl sites for hydroxylation is 1. The lowest BCUT2D eigenvalue weighted by molar-refractivity contribution is -0.300. The Morgan fingerprint density at radius 1 is 1.02 bits per heavy atom. The van der Waals surface area contributed by atoms with Gasteiger partial charge in [0.05, 0.1) is 30.0 Å². The number of aromatic nitrogens is 3. The highest BCUT2D eigenvalue weighted by atomic mass is 19.1. The third kappa shape index (κ3) is 10.9. The molecule has 14 unspecified atom stereocenters. The Labute approximate surface area is 378 Å². The van der Waals surface area contributed by atoms with Gasteiger partial charge in [-0.05, 0) is 108 Å². The molecule has 3 aromatic rings. The molecule has 1 amide bonds. The number of nitrogens with zero attached hydrogens (tertiary/aromatic N) is 4. The molecule has 0 spiro atoms. The zero-order valence-electron chi connectivity index (χ0n) is 39.1. The van der Waals surface area contributed by atoms with Crippen LogP contribution in [0.4, 0.5) is 14.9 Å². The Balaban J connectivity index is 1.31. The number of benzene rings is 2. The number of fused-ring (bicyclic) bond motifs is 1. The summed E-state index contributed by atoms with van der Waals surface area (Å²) in [6, 6.07) is 15.8. The molecule has 0 bridgehead atoms. The predicted octanol–water partition coefficient (Wildman–Crippen LogP) is 6.06. The van der Waals surface area contributed by atoms with Gasteiger partial charge in [-0.2, -0.15) is 0 Å². The van der Waals surface area contributed by atoms with Gasteiger partial charge in [0.2, 0.25) is 5.67 Å². The van der Waals surface area contributed by atoms with Gasteiger partial charge in [0.15, 0.2) is 11.9 Å². The highest BCUT2D eigenvalue weighted by Crippen LogP contribution is 2.42. The summed E-state index contributed by atoms with van der Waals surface area (Å²) in [5.41, 5.74) is 10.8. The van der Waals surface area contributed by atoms with Gasteiger partial charge in [-0.25, -0.2) is 14.0 Å². The van der Waals surface area contributed by atoms with Crippen molar-refractivity contribution in [3.05, 3.63) is 66.4 Å². The van der Waals surface area contributed by atoms with Gasteiger partial charge in [0, 0.05) is 43.5 Å². The van der Waals surface area contributed by atoms with E-state index in [2.05, 4.69) is 22.6 Å². The fourth-order valence-electron chi connectivity index (χ4n) is 10.2. The molecule has 64 heavy (non-hydrogen) atoms. The predicted molar refractivity (Wildman–Crippen MR) is 241 cm³/mol. The van der Waals surface area contributed by atoms with E-state index in [1.165, 1.54) is 6.92 Å². The number of nitrogen functional groups attached to an aromatic ring is 1. The number of rotatable bonds is 12. The number of nitrogens with one attached hydrogen (secondary N) is 1. The molecule has 0 aliphatic carbocycles. The standard InChI is InChI=1S/C48H72FN7O8/c1-10-38-48(8)41(56(45(59)64-48)22-15-14-21-55-28-37(53-54-55)34-19-16-20-35(50)24-34)36(23-33-17-12-11-13-18-33)52-27-29(2)25-47(7,60-9)42(30(3)26-46(6,49)44(58)62-38)63-43-40(57)39(51)31(4)32(5)61-43/h11-13,16-20,24,28-32,36,38-43,52,57H,10,14-15,21-23,25-27,50-51H2,1-9H3. The summed E-state index contributed by atoms with van der Waals surface area (Å²) < 4.78 is 50.6. The molecule has 3 fully saturated rings. The average molecular weight is 894 g/mol. The zero-order chi connectivity index (χ0) is 46.6. The number of carbonyl (C=O) groups is 2. The molecule has 354 valence electrons. The van der Waals surface area contributed by atoms with Crippen molar-refractivity contribution in [1.29, 1.82) is 0 Å². The van der Waals surface area contributed by atoms with Crippen LogP contribution in [0.25, 0.3) is 11.3 Å². The number of anilines is 1. The molecular weight excluding hydrogens is 822 g/mol. The maximum Gasteiger partial charge on any atom is 0.410 e. The fraction of sp³-hybridized carbons (Fsp3) is 0.667. The quantitative estimate of drug-likeness (QED) is 0.0931. The van der Waals surface area contributed by atoms with E-state index < -0.39 is 77.6 Å². The van der Waals surface area contributed by atoms with E-state index in [0.717, 1.165) is 11.1 Å². The normalized spacial score (nSPS) is 36.7. The first-order valence-corrected chi connectivity index (χ1v) is 23.0. The summed E-state index contributed by atoms with van der Waals surface area (Å²) in [6.07, 6.45) is -0.886. The van der Waals surface area contributed by atoms with Crippen molar-refractivity contribution in [2.75, 3.05) is 25.9 Å². The number of esters is 1. The number of cyclic esters (lactones) is 1. The number of amides is 1. The summed E-state index contributed by atoms with van der Waals surface area (Å²) >= 11 is 0. The molecule has 0 saturated carbocycles. The second-order valence-electron chi connectivity index (χ2n) is 19.3. The van der Waals surface area contributed by atoms with Crippen LogP contribution < -0.4 is 16.8 Å². The number of methoxy groups -OCH3 is 1. The molecule has 6 N–H and O–H groups in total. The van der Waals surface area contributed by atoms with Gasteiger partial charge in [0.1, 0.15) is 17.9 Å². The van der Waals surface area contributed by atoms with Crippen molar-refractivity contribution in [2.24, 2.45) is 23.5 Å². The number of halogens is 1. The van der Waals surface area contributed by atoms with E-state index >= 15 is 4.39 Å². The van der Waals surface area contributed by atoms with Crippen molar-refractivity contribution >= 4 is 17.7 Å². The topological polar surface area (TPSA) is 199 Å². The Hall–Kier alpha value is -4.19. The van der Waals surface area contributed by atoms with Crippen molar-refractivity contribution < 1.29 is 42.8 Å². The lowest BCUT2D eigenvalue weighted by Gasteiger charge is -2.47. The van der Waals surface area contributed by atoms with Crippen LogP contribution in [0, 0.1) is 17.8 Å². The van der Waals surface area contributed by atoms with Gasteiger partial charge in [-0.1, -0.05) is 75.4 Å². The number of alkyl halides is 1. The van der Waals surface area contributed by atoms with Crippen LogP contribution in [-0.4, -0.2) is 123 Å². The Bertz CT molecular complexity index is 2010. The molecule has 3 aliphatic rings. The van der Waals surface area contributed by atoms with Crippen LogP contribution in [-0.2, 0) is 41.4 Å². The van der Waals surface area contributed by atoms with Crippen molar-refractivity contribution in [1.82, 2.24) is 25.2 Å². The maximum absolute atomic E-state index is 17.1. The first-order chi connectivity index (χ1) is 30.3. The largest absolute Gasteiger partial charge is 0.456 e. The fourth-order valence-corrected chi connectivity index (χ4v) is 10.2. The van der Waals surface area contributed by atoms with Crippen LogP contribution in [0.15, 0.2) is 60.8 Å². The number of ether oxygens (including phenoxy) is 5. The minimum absolute atomic E-state index is 0.0562. The van der Waals surface area contributed by atoms with Gasteiger partial charge < -0.3 is 45.6 Å². The Morgan fingerprint density at radius 2 is 1.73 bits per heavy atom. The molecular formula is C48H72FN7O8. The summed E-state index contributed by atoms with van der Waals surface area (Å²) in [5, 5.41) is 23.8. The van der Waals surface area contributed by atoms with Crippen LogP contribution in [0.2, 0.25) is 0 Å². The Morgan fingerprint density at radius 3 is 2.42 bits per heavy atom. The molecule has 15 nitrogen and oxygen atoms in total. The van der Waals surface area contributed by atoms with Gasteiger partial charge in [0.25, 0.3) is 0 Å². The molecule has 4 heterocycles. The van der Waals surface area contributed by atoms with E-state index in [1.807, 2.05) is 88.5 Å². The van der Waals surface area contributed by atoms with Crippen molar-refractivity contribution in [2.45, 2.75) is 166 Å². The first kappa shape index (κ1) is 49.2. The third-order valence-corrected chi connectivity index (χ3v) is 14.0. The van der Waals surface area contributed by atoms with Gasteiger partial charge in [-0.15, -0.1) is 5.10 Å². The summed E-state index contributed by atoms with van der Waals surface area (Å²) in [4.78, 5) is 30.2. The van der Waals surface area contributed by atoms with E-state index in [0.29, 0.717) is 56.7 Å². The molecule has 3 saturated heterocycles. The number of nitrogens with two attached hydrogens (primary N) is 2. The molecule has 0 radical (unpaired) electrons. The number of aliphatic hydroxyl groups is 1. The number of hydrogen-bond acceptors (Lipinski definition) is 13. The highest BCUT2D eigenvalue weighted by Gasteiger charge is 2.60. The molecule has 2 aromatic carbocycles. The summed E-state index contributed by atoms with van der Waals surface area (Å²) in [7, 11) is 1.59. The van der Waals surface area contributed by atoms with E-state index in [4.69, 9.17) is 35.2 Å². The van der Waals surface area contributed by atoms with E-state index in [1.54, 1.807) is 30.5 Å². The molecule has 6 rings (SSSR count). The highest BCUT2D eigenvalue weighted by molar-refractivity contribution is 5.79. The van der Waals surface area contributed by atoms with E-state index in [9.17, 15) is 14.7 Å². The van der Waals surface area contributed by atoms with Gasteiger partial charge >= 0.3 is 12.1 Å². The van der Waals surface area contributed by atoms with Crippen LogP contribution in [0.3, 0.4) is 0 Å². The second-order valence-corrected chi connectivity index (χ2v) is 19.3. The van der Waals surface area contributed by atoms with Crippen LogP contribution in [0.5, 0.6) is 0 Å². The van der Waals surface area contributed by atoms with Crippen LogP contribution >= 0.6 is 0 Å². The van der Waals surface area contributed by atoms with Crippen LogP contribution in [0.1, 0.15) is 93.1 Å². The Kier molecular flexibility index (Phi) is 15.8. The third-order valence-electron chi connectivity index (χ3n) is 14.0. The lowest BCUT2D eigenvalue weighted by Crippen LogP contribution is -2.62. The minimum atomic E-state index is -2.50. The number of carbonyl (C=O) groups excluding carboxylic acids is 2. The van der Waals surface area contributed by atoms with E-state index in [-0.39, 0.29) is 30.8 Å². The zero-order valence-corrected chi connectivity index (χ0v) is 39.1. The van der Waals surface area contributed by atoms with Gasteiger partial charge in [-0.3, -0.25) is 9.58 Å². The van der Waals surface area contributed by atoms with Crippen molar-refractivity contribution in [3.63, 3.8) is 0 Å². The average Bonchev–Trinajstić information content (AvgIpc) is 3.84. The summed E-state index contributed by atoms with van der Waals surface area (Å²) in [6.45, 7) is 15.9. The molecule has 14 atom stereocenters. The summed E-state index contributed by atoms with van der Waals surface area (Å²) in [5.74, 6) is -1.91. The minimum Gasteiger partial charge on any atom is -0.456 e. The maximum atomic E-state index is 17.1. The first-order valence-electron chi connectivity index (χ1n) is 23.0. The smallest absolute Gasteiger partial charge is 0.410 e.